The first-order chi connectivity index (χ1) is 13.9. The summed E-state index contributed by atoms with van der Waals surface area (Å²) in [5.74, 6) is -1.63. The second-order valence-corrected chi connectivity index (χ2v) is 6.57. The van der Waals surface area contributed by atoms with E-state index >= 15 is 0 Å². The Morgan fingerprint density at radius 1 is 1.27 bits per heavy atom. The minimum atomic E-state index is -3.07. The summed E-state index contributed by atoms with van der Waals surface area (Å²) in [5, 5.41) is 6.69. The third kappa shape index (κ3) is 3.83. The SMILES string of the molecule is Cl.NC1=N[C@@](c2cc(NC(=O)c3cc4ccccn4n3)ccc2F)(C(F)F)COC1. The van der Waals surface area contributed by atoms with Gasteiger partial charge in [0.2, 0.25) is 0 Å². The summed E-state index contributed by atoms with van der Waals surface area (Å²) in [7, 11) is 0. The van der Waals surface area contributed by atoms with Crippen LogP contribution in [0.5, 0.6) is 0 Å². The van der Waals surface area contributed by atoms with Crippen molar-refractivity contribution in [3.8, 4) is 0 Å². The molecular formula is C19H17ClF3N5O2. The fourth-order valence-electron chi connectivity index (χ4n) is 3.18. The van der Waals surface area contributed by atoms with Crippen LogP contribution in [-0.4, -0.2) is 41.0 Å². The molecule has 11 heteroatoms. The number of alkyl halides is 2. The standard InChI is InChI=1S/C19H16F3N5O2.ClH/c20-14-5-4-11(7-13(14)19(18(21)22)10-29-9-16(23)25-19)24-17(28)15-8-12-3-1-2-6-27(12)26-15;/h1-8,18H,9-10H2,(H2,23,25)(H,24,28);1H/t19-;/m0./s1. The van der Waals surface area contributed by atoms with Crippen molar-refractivity contribution >= 4 is 35.4 Å². The summed E-state index contributed by atoms with van der Waals surface area (Å²) in [6.07, 6.45) is -1.39. The Labute approximate surface area is 175 Å². The molecule has 0 unspecified atom stereocenters. The number of benzene rings is 1. The Morgan fingerprint density at radius 2 is 2.07 bits per heavy atom. The van der Waals surface area contributed by atoms with Crippen LogP contribution in [0.1, 0.15) is 16.1 Å². The maximum atomic E-state index is 14.5. The Bertz CT molecular complexity index is 1090. The zero-order valence-corrected chi connectivity index (χ0v) is 16.2. The predicted molar refractivity (Wildman–Crippen MR) is 107 cm³/mol. The Hall–Kier alpha value is -3.11. The van der Waals surface area contributed by atoms with Gasteiger partial charge in [-0.2, -0.15) is 5.10 Å². The number of nitrogens with two attached hydrogens (primary N) is 1. The molecule has 2 aromatic heterocycles. The van der Waals surface area contributed by atoms with Gasteiger partial charge in [-0.1, -0.05) is 6.07 Å². The van der Waals surface area contributed by atoms with E-state index in [1.807, 2.05) is 0 Å². The predicted octanol–water partition coefficient (Wildman–Crippen LogP) is 3.00. The highest BCUT2D eigenvalue weighted by Crippen LogP contribution is 2.38. The molecule has 3 N–H and O–H groups in total. The van der Waals surface area contributed by atoms with Gasteiger partial charge >= 0.3 is 0 Å². The molecule has 3 heterocycles. The van der Waals surface area contributed by atoms with Gasteiger partial charge in [-0.15, -0.1) is 12.4 Å². The van der Waals surface area contributed by atoms with Crippen molar-refractivity contribution in [2.45, 2.75) is 12.0 Å². The minimum absolute atomic E-state index is 0. The average molecular weight is 440 g/mol. The third-order valence-electron chi connectivity index (χ3n) is 4.57. The van der Waals surface area contributed by atoms with Gasteiger partial charge in [0.15, 0.2) is 11.2 Å². The number of anilines is 1. The third-order valence-corrected chi connectivity index (χ3v) is 4.57. The number of amidine groups is 1. The van der Waals surface area contributed by atoms with Crippen LogP contribution in [0, 0.1) is 5.82 Å². The molecule has 3 aromatic rings. The average Bonchev–Trinajstić information content (AvgIpc) is 3.13. The molecule has 30 heavy (non-hydrogen) atoms. The maximum absolute atomic E-state index is 14.5. The Balaban J connectivity index is 0.00000256. The number of carbonyl (C=O) groups is 1. The molecule has 0 fully saturated rings. The second-order valence-electron chi connectivity index (χ2n) is 6.57. The smallest absolute Gasteiger partial charge is 0.276 e. The number of hydrogen-bond donors (Lipinski definition) is 2. The number of ether oxygens (including phenoxy) is 1. The van der Waals surface area contributed by atoms with Crippen molar-refractivity contribution in [1.82, 2.24) is 9.61 Å². The summed E-state index contributed by atoms with van der Waals surface area (Å²) in [5.41, 5.74) is 3.80. The van der Waals surface area contributed by atoms with Crippen LogP contribution in [0.25, 0.3) is 5.52 Å². The lowest BCUT2D eigenvalue weighted by Crippen LogP contribution is -2.45. The zero-order valence-electron chi connectivity index (χ0n) is 15.4. The largest absolute Gasteiger partial charge is 0.385 e. The highest BCUT2D eigenvalue weighted by molar-refractivity contribution is 6.03. The highest BCUT2D eigenvalue weighted by Gasteiger charge is 2.46. The van der Waals surface area contributed by atoms with Crippen molar-refractivity contribution in [2.24, 2.45) is 10.7 Å². The molecule has 0 bridgehead atoms. The molecule has 4 rings (SSSR count). The van der Waals surface area contributed by atoms with Crippen molar-refractivity contribution < 1.29 is 22.7 Å². The molecule has 0 saturated carbocycles. The molecule has 0 radical (unpaired) electrons. The summed E-state index contributed by atoms with van der Waals surface area (Å²) in [6, 6.07) is 10.3. The van der Waals surface area contributed by atoms with Crippen molar-refractivity contribution in [2.75, 3.05) is 18.5 Å². The molecule has 1 atom stereocenters. The molecule has 0 saturated heterocycles. The lowest BCUT2D eigenvalue weighted by molar-refractivity contribution is -0.0145. The molecule has 1 amide bonds. The first-order valence-electron chi connectivity index (χ1n) is 8.65. The maximum Gasteiger partial charge on any atom is 0.276 e. The van der Waals surface area contributed by atoms with Crippen LogP contribution in [0.4, 0.5) is 18.9 Å². The van der Waals surface area contributed by atoms with E-state index in [9.17, 15) is 18.0 Å². The van der Waals surface area contributed by atoms with Crippen LogP contribution in [0.3, 0.4) is 0 Å². The number of fused-ring (bicyclic) bond motifs is 1. The molecule has 158 valence electrons. The molecule has 0 aliphatic carbocycles. The van der Waals surface area contributed by atoms with Crippen molar-refractivity contribution in [3.05, 3.63) is 65.7 Å². The van der Waals surface area contributed by atoms with Gasteiger partial charge in [0.05, 0.1) is 12.1 Å². The number of rotatable bonds is 4. The Morgan fingerprint density at radius 3 is 2.77 bits per heavy atom. The van der Waals surface area contributed by atoms with E-state index in [4.69, 9.17) is 10.5 Å². The van der Waals surface area contributed by atoms with Crippen molar-refractivity contribution in [1.29, 1.82) is 0 Å². The molecular weight excluding hydrogens is 423 g/mol. The topological polar surface area (TPSA) is 94.0 Å². The second kappa shape index (κ2) is 8.33. The lowest BCUT2D eigenvalue weighted by atomic mass is 9.90. The first-order valence-corrected chi connectivity index (χ1v) is 8.65. The number of amides is 1. The van der Waals surface area contributed by atoms with E-state index in [1.54, 1.807) is 30.5 Å². The summed E-state index contributed by atoms with van der Waals surface area (Å²) in [6.45, 7) is -0.646. The molecule has 0 spiro atoms. The number of aliphatic imine (C=N–C) groups is 1. The zero-order chi connectivity index (χ0) is 20.6. The van der Waals surface area contributed by atoms with Gasteiger partial charge in [-0.3, -0.25) is 9.79 Å². The van der Waals surface area contributed by atoms with Crippen LogP contribution in [-0.2, 0) is 10.3 Å². The number of carbonyl (C=O) groups excluding carboxylic acids is 1. The van der Waals surface area contributed by atoms with E-state index in [2.05, 4.69) is 15.4 Å². The van der Waals surface area contributed by atoms with Gasteiger partial charge in [-0.25, -0.2) is 17.7 Å². The van der Waals surface area contributed by atoms with Gasteiger partial charge in [0.1, 0.15) is 18.3 Å². The fourth-order valence-corrected chi connectivity index (χ4v) is 3.18. The number of aromatic nitrogens is 2. The van der Waals surface area contributed by atoms with Gasteiger partial charge in [0, 0.05) is 17.4 Å². The van der Waals surface area contributed by atoms with Crippen LogP contribution < -0.4 is 11.1 Å². The lowest BCUT2D eigenvalue weighted by Gasteiger charge is -2.33. The number of nitrogens with zero attached hydrogens (tertiary/aromatic N) is 3. The number of nitrogens with one attached hydrogen (secondary N) is 1. The Kier molecular flexibility index (Phi) is 5.99. The number of pyridine rings is 1. The summed E-state index contributed by atoms with van der Waals surface area (Å²) in [4.78, 5) is 16.3. The number of hydrogen-bond acceptors (Lipinski definition) is 5. The quantitative estimate of drug-likeness (QED) is 0.653. The van der Waals surface area contributed by atoms with Crippen LogP contribution in [0.15, 0.2) is 53.7 Å². The molecule has 1 aliphatic rings. The minimum Gasteiger partial charge on any atom is -0.385 e. The molecule has 1 aromatic carbocycles. The summed E-state index contributed by atoms with van der Waals surface area (Å²) >= 11 is 0. The normalized spacial score (nSPS) is 18.7. The summed E-state index contributed by atoms with van der Waals surface area (Å²) < 4.78 is 48.8. The van der Waals surface area contributed by atoms with Gasteiger partial charge in [0.25, 0.3) is 12.3 Å². The van der Waals surface area contributed by atoms with Crippen LogP contribution in [0.2, 0.25) is 0 Å². The van der Waals surface area contributed by atoms with Gasteiger partial charge < -0.3 is 15.8 Å². The monoisotopic (exact) mass is 439 g/mol. The molecule has 1 aliphatic heterocycles. The van der Waals surface area contributed by atoms with Crippen LogP contribution >= 0.6 is 12.4 Å². The van der Waals surface area contributed by atoms with E-state index in [0.29, 0.717) is 5.52 Å². The van der Waals surface area contributed by atoms with Crippen molar-refractivity contribution in [3.63, 3.8) is 0 Å². The first kappa shape index (κ1) is 21.6. The fraction of sp³-hybridized carbons (Fsp3) is 0.211. The van der Waals surface area contributed by atoms with E-state index in [1.165, 1.54) is 10.6 Å². The number of halogens is 4. The highest BCUT2D eigenvalue weighted by atomic mass is 35.5. The van der Waals surface area contributed by atoms with E-state index in [-0.39, 0.29) is 36.2 Å². The van der Waals surface area contributed by atoms with E-state index in [0.717, 1.165) is 12.1 Å². The van der Waals surface area contributed by atoms with Gasteiger partial charge in [-0.05, 0) is 36.4 Å². The molecule has 7 nitrogen and oxygen atoms in total. The van der Waals surface area contributed by atoms with E-state index < -0.39 is 35.9 Å².